The molecule has 110 valence electrons. The van der Waals surface area contributed by atoms with Gasteiger partial charge in [-0.1, -0.05) is 18.2 Å². The highest BCUT2D eigenvalue weighted by atomic mass is 16.3. The zero-order valence-electron chi connectivity index (χ0n) is 12.7. The fraction of sp³-hybridized carbons (Fsp3) is 0.167. The number of pyridine rings is 1. The molecule has 4 rings (SSSR count). The van der Waals surface area contributed by atoms with Crippen molar-refractivity contribution < 1.29 is 14.2 Å². The van der Waals surface area contributed by atoms with E-state index in [1.54, 1.807) is 0 Å². The second-order valence-corrected chi connectivity index (χ2v) is 5.84. The Bertz CT molecular complexity index is 912. The van der Waals surface area contributed by atoms with Crippen LogP contribution < -0.4 is 14.5 Å². The Morgan fingerprint density at radius 3 is 2.64 bits per heavy atom. The first-order valence-corrected chi connectivity index (χ1v) is 7.44. The minimum Gasteiger partial charge on any atom is -0.392 e. The van der Waals surface area contributed by atoms with E-state index >= 15 is 0 Å². The van der Waals surface area contributed by atoms with Crippen LogP contribution in [0, 0.1) is 5.96 Å². The quantitative estimate of drug-likeness (QED) is 0.736. The standard InChI is InChI=1S/C18H18N3O/c1-19(2)18-20-10-6-5-9-16(20)17-11-13(12-22)14-7-3-4-8-15(14)21(17)18/h3-11,22H,12H2,1-2H3/q+1/p+1. The van der Waals surface area contributed by atoms with Gasteiger partial charge < -0.3 is 5.11 Å². The number of quaternary nitrogens is 1. The number of hydrogen-bond donors (Lipinski definition) is 2. The average Bonchev–Trinajstić information content (AvgIpc) is 2.89. The van der Waals surface area contributed by atoms with Crippen molar-refractivity contribution in [1.29, 1.82) is 0 Å². The number of hydrogen-bond acceptors (Lipinski definition) is 2. The molecule has 4 nitrogen and oxygen atoms in total. The van der Waals surface area contributed by atoms with Crippen LogP contribution in [0.15, 0.2) is 54.7 Å². The first kappa shape index (κ1) is 13.2. The van der Waals surface area contributed by atoms with Crippen LogP contribution in [0.2, 0.25) is 0 Å². The average molecular weight is 293 g/mol. The highest BCUT2D eigenvalue weighted by Gasteiger charge is 2.42. The summed E-state index contributed by atoms with van der Waals surface area (Å²) in [5, 5.41) is 10.9. The van der Waals surface area contributed by atoms with Crippen LogP contribution in [-0.2, 0) is 0 Å². The van der Waals surface area contributed by atoms with Gasteiger partial charge in [0, 0.05) is 17.7 Å². The van der Waals surface area contributed by atoms with Crippen molar-refractivity contribution in [1.82, 2.24) is 4.90 Å². The molecule has 0 spiro atoms. The Balaban J connectivity index is 2.14. The Morgan fingerprint density at radius 2 is 1.86 bits per heavy atom. The first-order valence-electron chi connectivity index (χ1n) is 7.44. The zero-order chi connectivity index (χ0) is 15.3. The molecule has 1 atom stereocenters. The van der Waals surface area contributed by atoms with Gasteiger partial charge in [-0.05, 0) is 23.8 Å². The number of nitrogens with zero attached hydrogens (tertiary/aromatic N) is 2. The van der Waals surface area contributed by atoms with Gasteiger partial charge >= 0.3 is 5.96 Å². The van der Waals surface area contributed by atoms with E-state index in [4.69, 9.17) is 0 Å². The molecule has 2 aliphatic heterocycles. The van der Waals surface area contributed by atoms with Crippen molar-refractivity contribution in [2.45, 2.75) is 0 Å². The summed E-state index contributed by atoms with van der Waals surface area (Å²) in [5.41, 5.74) is 4.48. The van der Waals surface area contributed by atoms with E-state index in [9.17, 15) is 5.11 Å². The van der Waals surface area contributed by atoms with Crippen molar-refractivity contribution in [2.75, 3.05) is 20.7 Å². The molecule has 0 amide bonds. The summed E-state index contributed by atoms with van der Waals surface area (Å²) in [6.07, 6.45) is 4.22. The Labute approximate surface area is 129 Å². The highest BCUT2D eigenvalue weighted by Crippen LogP contribution is 2.26. The molecule has 0 aliphatic carbocycles. The summed E-state index contributed by atoms with van der Waals surface area (Å²) in [7, 11) is 4.14. The van der Waals surface area contributed by atoms with Gasteiger partial charge in [-0.3, -0.25) is 0 Å². The van der Waals surface area contributed by atoms with E-state index in [-0.39, 0.29) is 6.61 Å². The second-order valence-electron chi connectivity index (χ2n) is 5.84. The molecule has 2 aliphatic rings. The lowest BCUT2D eigenvalue weighted by Crippen LogP contribution is -3.05. The SMILES string of the molecule is CN(C)C1=[n+]2ccccc2=C2C=C(CO)c3ccccc3[NH+]21. The summed E-state index contributed by atoms with van der Waals surface area (Å²) in [4.78, 5) is 3.39. The van der Waals surface area contributed by atoms with Gasteiger partial charge in [0.25, 0.3) is 0 Å². The van der Waals surface area contributed by atoms with E-state index in [1.165, 1.54) is 27.6 Å². The molecule has 0 bridgehead atoms. The monoisotopic (exact) mass is 293 g/mol. The molecule has 0 saturated heterocycles. The van der Waals surface area contributed by atoms with E-state index < -0.39 is 0 Å². The predicted molar refractivity (Wildman–Crippen MR) is 84.1 cm³/mol. The van der Waals surface area contributed by atoms with Gasteiger partial charge in [0.05, 0.1) is 20.7 Å². The molecule has 1 unspecified atom stereocenters. The number of nitrogens with one attached hydrogen (secondary N) is 1. The van der Waals surface area contributed by atoms with Crippen molar-refractivity contribution in [2.24, 2.45) is 0 Å². The minimum atomic E-state index is 0.0535. The van der Waals surface area contributed by atoms with Gasteiger partial charge in [0.15, 0.2) is 16.7 Å². The normalized spacial score (nSPS) is 18.5. The number of fused-ring (bicyclic) bond motifs is 4. The van der Waals surface area contributed by atoms with E-state index in [2.05, 4.69) is 65.8 Å². The molecule has 22 heavy (non-hydrogen) atoms. The maximum Gasteiger partial charge on any atom is 0.464 e. The largest absolute Gasteiger partial charge is 0.464 e. The Morgan fingerprint density at radius 1 is 1.09 bits per heavy atom. The molecule has 0 fully saturated rings. The number of aliphatic hydroxyl groups is 1. The van der Waals surface area contributed by atoms with Crippen molar-refractivity contribution in [3.05, 3.63) is 71.6 Å². The fourth-order valence-corrected chi connectivity index (χ4v) is 3.43. The molecule has 4 heteroatoms. The van der Waals surface area contributed by atoms with Crippen LogP contribution in [0.5, 0.6) is 0 Å². The van der Waals surface area contributed by atoms with Gasteiger partial charge in [0.1, 0.15) is 6.20 Å². The van der Waals surface area contributed by atoms with Crippen LogP contribution >= 0.6 is 0 Å². The summed E-state index contributed by atoms with van der Waals surface area (Å²) >= 11 is 0. The summed E-state index contributed by atoms with van der Waals surface area (Å²) < 4.78 is 2.22. The maximum absolute atomic E-state index is 9.77. The molecular formula is C18H19N3O+2. The van der Waals surface area contributed by atoms with Gasteiger partial charge in [0.2, 0.25) is 0 Å². The molecule has 0 saturated carbocycles. The summed E-state index contributed by atoms with van der Waals surface area (Å²) in [6.45, 7) is 0.0535. The van der Waals surface area contributed by atoms with Gasteiger partial charge in [-0.2, -0.15) is 4.90 Å². The lowest BCUT2D eigenvalue weighted by molar-refractivity contribution is -0.801. The summed E-state index contributed by atoms with van der Waals surface area (Å²) in [5.74, 6) is 1.17. The predicted octanol–water partition coefficient (Wildman–Crippen LogP) is -0.442. The molecule has 0 radical (unpaired) electrons. The minimum absolute atomic E-state index is 0.0535. The molecule has 2 N–H and O–H groups in total. The number of aliphatic hydroxyl groups excluding tert-OH is 1. The third-order valence-electron chi connectivity index (χ3n) is 4.31. The third-order valence-corrected chi connectivity index (χ3v) is 4.31. The maximum atomic E-state index is 9.77. The van der Waals surface area contributed by atoms with Crippen LogP contribution in [0.1, 0.15) is 5.56 Å². The smallest absolute Gasteiger partial charge is 0.392 e. The van der Waals surface area contributed by atoms with Crippen LogP contribution in [0.4, 0.5) is 5.69 Å². The fourth-order valence-electron chi connectivity index (χ4n) is 3.43. The molecule has 3 heterocycles. The summed E-state index contributed by atoms with van der Waals surface area (Å²) in [6, 6.07) is 14.6. The van der Waals surface area contributed by atoms with Crippen LogP contribution in [-0.4, -0.2) is 30.7 Å². The van der Waals surface area contributed by atoms with E-state index in [0.717, 1.165) is 11.1 Å². The Hall–Kier alpha value is -2.43. The van der Waals surface area contributed by atoms with E-state index in [0.29, 0.717) is 0 Å². The zero-order valence-corrected chi connectivity index (χ0v) is 12.7. The molecule has 2 aromatic rings. The van der Waals surface area contributed by atoms with E-state index in [1.807, 2.05) is 12.1 Å². The highest BCUT2D eigenvalue weighted by molar-refractivity contribution is 5.82. The number of para-hydroxylation sites is 1. The third kappa shape index (κ3) is 1.68. The van der Waals surface area contributed by atoms with Gasteiger partial charge in [-0.25, -0.2) is 4.90 Å². The molecule has 1 aromatic heterocycles. The van der Waals surface area contributed by atoms with Crippen molar-refractivity contribution in [3.8, 4) is 0 Å². The van der Waals surface area contributed by atoms with Crippen molar-refractivity contribution >= 4 is 17.0 Å². The number of rotatable bonds is 2. The first-order chi connectivity index (χ1) is 10.7. The number of aromatic nitrogens is 1. The second kappa shape index (κ2) is 4.80. The number of benzene rings is 1. The molecular weight excluding hydrogens is 274 g/mol. The lowest BCUT2D eigenvalue weighted by Gasteiger charge is -2.22. The molecule has 1 aromatic carbocycles. The van der Waals surface area contributed by atoms with Gasteiger partial charge in [-0.15, -0.1) is 4.24 Å². The Kier molecular flexibility index (Phi) is 2.89. The van der Waals surface area contributed by atoms with Crippen molar-refractivity contribution in [3.63, 3.8) is 0 Å². The van der Waals surface area contributed by atoms with Crippen LogP contribution in [0.3, 0.4) is 0 Å². The topological polar surface area (TPSA) is 33.8 Å². The van der Waals surface area contributed by atoms with Crippen LogP contribution in [0.25, 0.3) is 11.3 Å². The lowest BCUT2D eigenvalue weighted by atomic mass is 9.98.